The molecule has 0 saturated heterocycles. The normalized spacial score (nSPS) is 12.2. The molecule has 0 rings (SSSR count). The standard InChI is InChI=1S/C7H11F3/c1-5(2)6(3)4-7(8,9)10/h5H,3-4H2,1-2H3. The maximum absolute atomic E-state index is 11.6. The summed E-state index contributed by atoms with van der Waals surface area (Å²) in [4.78, 5) is 0. The van der Waals surface area contributed by atoms with E-state index < -0.39 is 12.6 Å². The maximum Gasteiger partial charge on any atom is 0.392 e. The molecule has 0 bridgehead atoms. The van der Waals surface area contributed by atoms with Crippen LogP contribution in [-0.2, 0) is 0 Å². The van der Waals surface area contributed by atoms with E-state index >= 15 is 0 Å². The molecule has 0 aliphatic heterocycles. The van der Waals surface area contributed by atoms with Crippen molar-refractivity contribution in [1.82, 2.24) is 0 Å². The van der Waals surface area contributed by atoms with E-state index in [2.05, 4.69) is 6.58 Å². The molecule has 3 heteroatoms. The fourth-order valence-electron chi connectivity index (χ4n) is 0.462. The predicted octanol–water partition coefficient (Wildman–Crippen LogP) is 3.15. The van der Waals surface area contributed by atoms with E-state index in [0.29, 0.717) is 0 Å². The Morgan fingerprint density at radius 2 is 1.80 bits per heavy atom. The number of allylic oxidation sites excluding steroid dienone is 1. The average molecular weight is 152 g/mol. The van der Waals surface area contributed by atoms with Crippen LogP contribution in [0.5, 0.6) is 0 Å². The van der Waals surface area contributed by atoms with Gasteiger partial charge in [0.05, 0.1) is 6.42 Å². The van der Waals surface area contributed by atoms with Gasteiger partial charge in [0, 0.05) is 0 Å². The molecule has 0 heterocycles. The van der Waals surface area contributed by atoms with E-state index in [0.717, 1.165) is 0 Å². The average Bonchev–Trinajstić information content (AvgIpc) is 1.60. The Balaban J connectivity index is 3.81. The van der Waals surface area contributed by atoms with E-state index in [-0.39, 0.29) is 11.5 Å². The molecule has 0 aromatic carbocycles. The van der Waals surface area contributed by atoms with Crippen LogP contribution < -0.4 is 0 Å². The predicted molar refractivity (Wildman–Crippen MR) is 34.6 cm³/mol. The number of rotatable bonds is 2. The molecule has 0 nitrogen and oxygen atoms in total. The molecule has 0 aliphatic rings. The highest BCUT2D eigenvalue weighted by Gasteiger charge is 2.28. The third kappa shape index (κ3) is 4.41. The second-order valence-corrected chi connectivity index (χ2v) is 2.60. The van der Waals surface area contributed by atoms with Gasteiger partial charge in [0.1, 0.15) is 0 Å². The van der Waals surface area contributed by atoms with Gasteiger partial charge in [0.25, 0.3) is 0 Å². The van der Waals surface area contributed by atoms with Crippen molar-refractivity contribution in [2.75, 3.05) is 0 Å². The molecular formula is C7H11F3. The van der Waals surface area contributed by atoms with Crippen molar-refractivity contribution in [1.29, 1.82) is 0 Å². The third-order valence-electron chi connectivity index (χ3n) is 1.24. The van der Waals surface area contributed by atoms with Crippen LogP contribution in [0.15, 0.2) is 12.2 Å². The van der Waals surface area contributed by atoms with E-state index in [1.54, 1.807) is 13.8 Å². The van der Waals surface area contributed by atoms with Crippen molar-refractivity contribution >= 4 is 0 Å². The van der Waals surface area contributed by atoms with Crippen molar-refractivity contribution in [3.05, 3.63) is 12.2 Å². The Morgan fingerprint density at radius 3 is 1.90 bits per heavy atom. The van der Waals surface area contributed by atoms with E-state index in [1.165, 1.54) is 0 Å². The molecule has 0 unspecified atom stereocenters. The summed E-state index contributed by atoms with van der Waals surface area (Å²) in [5.41, 5.74) is 0.243. The lowest BCUT2D eigenvalue weighted by atomic mass is 10.0. The van der Waals surface area contributed by atoms with Crippen LogP contribution in [0, 0.1) is 5.92 Å². The smallest absolute Gasteiger partial charge is 0.171 e. The van der Waals surface area contributed by atoms with Crippen LogP contribution >= 0.6 is 0 Å². The van der Waals surface area contributed by atoms with Gasteiger partial charge in [0.15, 0.2) is 0 Å². The number of halogens is 3. The molecule has 0 aromatic rings. The van der Waals surface area contributed by atoms with Crippen molar-refractivity contribution < 1.29 is 13.2 Å². The van der Waals surface area contributed by atoms with Crippen LogP contribution in [0.4, 0.5) is 13.2 Å². The third-order valence-corrected chi connectivity index (χ3v) is 1.24. The fourth-order valence-corrected chi connectivity index (χ4v) is 0.462. The molecule has 0 atom stereocenters. The van der Waals surface area contributed by atoms with Crippen LogP contribution in [0.1, 0.15) is 20.3 Å². The van der Waals surface area contributed by atoms with Crippen molar-refractivity contribution in [2.45, 2.75) is 26.4 Å². The highest BCUT2D eigenvalue weighted by molar-refractivity contribution is 4.99. The van der Waals surface area contributed by atoms with Gasteiger partial charge in [0.2, 0.25) is 0 Å². The molecule has 0 spiro atoms. The molecule has 0 amide bonds. The minimum atomic E-state index is -4.10. The van der Waals surface area contributed by atoms with Crippen LogP contribution in [0.2, 0.25) is 0 Å². The number of alkyl halides is 3. The molecule has 0 fully saturated rings. The van der Waals surface area contributed by atoms with Crippen molar-refractivity contribution in [2.24, 2.45) is 5.92 Å². The first-order valence-corrected chi connectivity index (χ1v) is 3.07. The first kappa shape index (κ1) is 9.53. The quantitative estimate of drug-likeness (QED) is 0.533. The summed E-state index contributed by atoms with van der Waals surface area (Å²) in [6.07, 6.45) is -4.95. The summed E-state index contributed by atoms with van der Waals surface area (Å²) in [5.74, 6) is -0.0818. The minimum absolute atomic E-state index is 0.0818. The first-order valence-electron chi connectivity index (χ1n) is 3.07. The summed E-state index contributed by atoms with van der Waals surface area (Å²) < 4.78 is 34.8. The number of hydrogen-bond donors (Lipinski definition) is 0. The molecule has 0 aliphatic carbocycles. The minimum Gasteiger partial charge on any atom is -0.171 e. The summed E-state index contributed by atoms with van der Waals surface area (Å²) in [6.45, 7) is 6.72. The summed E-state index contributed by atoms with van der Waals surface area (Å²) in [6, 6.07) is 0. The van der Waals surface area contributed by atoms with E-state index in [9.17, 15) is 13.2 Å². The van der Waals surface area contributed by atoms with Gasteiger partial charge in [-0.15, -0.1) is 0 Å². The van der Waals surface area contributed by atoms with Crippen molar-refractivity contribution in [3.63, 3.8) is 0 Å². The molecule has 0 radical (unpaired) electrons. The Kier molecular flexibility index (Phi) is 2.94. The molecular weight excluding hydrogens is 141 g/mol. The van der Waals surface area contributed by atoms with Gasteiger partial charge in [-0.1, -0.05) is 26.0 Å². The van der Waals surface area contributed by atoms with Gasteiger partial charge in [-0.25, -0.2) is 0 Å². The lowest BCUT2D eigenvalue weighted by Crippen LogP contribution is -2.10. The Morgan fingerprint density at radius 1 is 1.40 bits per heavy atom. The van der Waals surface area contributed by atoms with Gasteiger partial charge in [-0.3, -0.25) is 0 Å². The summed E-state index contributed by atoms with van der Waals surface area (Å²) in [5, 5.41) is 0. The lowest BCUT2D eigenvalue weighted by Gasteiger charge is -2.11. The largest absolute Gasteiger partial charge is 0.392 e. The molecule has 0 saturated carbocycles. The molecule has 0 N–H and O–H groups in total. The highest BCUT2D eigenvalue weighted by Crippen LogP contribution is 2.26. The van der Waals surface area contributed by atoms with Gasteiger partial charge >= 0.3 is 6.18 Å². The summed E-state index contributed by atoms with van der Waals surface area (Å²) in [7, 11) is 0. The van der Waals surface area contributed by atoms with Gasteiger partial charge < -0.3 is 0 Å². The highest BCUT2D eigenvalue weighted by atomic mass is 19.4. The van der Waals surface area contributed by atoms with Crippen molar-refractivity contribution in [3.8, 4) is 0 Å². The lowest BCUT2D eigenvalue weighted by molar-refractivity contribution is -0.128. The van der Waals surface area contributed by atoms with E-state index in [1.807, 2.05) is 0 Å². The zero-order valence-electron chi connectivity index (χ0n) is 6.13. The molecule has 0 aromatic heterocycles. The zero-order valence-corrected chi connectivity index (χ0v) is 6.13. The topological polar surface area (TPSA) is 0 Å². The molecule has 60 valence electrons. The Bertz CT molecular complexity index is 121. The SMILES string of the molecule is C=C(CC(F)(F)F)C(C)C. The Labute approximate surface area is 58.7 Å². The van der Waals surface area contributed by atoms with E-state index in [4.69, 9.17) is 0 Å². The van der Waals surface area contributed by atoms with Crippen LogP contribution in [0.25, 0.3) is 0 Å². The fraction of sp³-hybridized carbons (Fsp3) is 0.714. The molecule has 10 heavy (non-hydrogen) atoms. The van der Waals surface area contributed by atoms with Crippen LogP contribution in [0.3, 0.4) is 0 Å². The first-order chi connectivity index (χ1) is 4.33. The monoisotopic (exact) mass is 152 g/mol. The zero-order chi connectivity index (χ0) is 8.36. The summed E-state index contributed by atoms with van der Waals surface area (Å²) >= 11 is 0. The second kappa shape index (κ2) is 3.08. The van der Waals surface area contributed by atoms with Gasteiger partial charge in [-0.05, 0) is 5.92 Å². The van der Waals surface area contributed by atoms with Crippen LogP contribution in [-0.4, -0.2) is 6.18 Å². The second-order valence-electron chi connectivity index (χ2n) is 2.60. The number of hydrogen-bond acceptors (Lipinski definition) is 0. The van der Waals surface area contributed by atoms with Gasteiger partial charge in [-0.2, -0.15) is 13.2 Å². The maximum atomic E-state index is 11.6. The Hall–Kier alpha value is -0.470.